The van der Waals surface area contributed by atoms with E-state index in [1.807, 2.05) is 30.3 Å². The summed E-state index contributed by atoms with van der Waals surface area (Å²) in [5, 5.41) is 15.5. The number of anilines is 1. The largest absolute Gasteiger partial charge is 0.367 e. The van der Waals surface area contributed by atoms with Crippen LogP contribution in [0.5, 0.6) is 0 Å². The Morgan fingerprint density at radius 3 is 2.96 bits per heavy atom. The Bertz CT molecular complexity index is 1030. The molecule has 4 aromatic rings. The van der Waals surface area contributed by atoms with Gasteiger partial charge in [-0.25, -0.2) is 9.97 Å². The summed E-state index contributed by atoms with van der Waals surface area (Å²) in [7, 11) is 0. The average Bonchev–Trinajstić information content (AvgIpc) is 3.43. The number of aromatic nitrogens is 6. The van der Waals surface area contributed by atoms with E-state index < -0.39 is 0 Å². The van der Waals surface area contributed by atoms with Gasteiger partial charge in [-0.3, -0.25) is 5.10 Å². The van der Waals surface area contributed by atoms with E-state index in [0.29, 0.717) is 11.9 Å². The molecule has 8 nitrogen and oxygen atoms in total. The molecular formula is C18H17N7O. The second-order valence-corrected chi connectivity index (χ2v) is 6.53. The maximum atomic E-state index is 5.45. The third-order valence-electron chi connectivity index (χ3n) is 4.85. The molecule has 1 aliphatic rings. The molecule has 0 saturated heterocycles. The summed E-state index contributed by atoms with van der Waals surface area (Å²) in [6.07, 6.45) is 6.28. The van der Waals surface area contributed by atoms with Gasteiger partial charge in [0.05, 0.1) is 11.6 Å². The number of fused-ring (bicyclic) bond motifs is 1. The zero-order chi connectivity index (χ0) is 17.3. The first-order valence-electron chi connectivity index (χ1n) is 8.66. The molecule has 26 heavy (non-hydrogen) atoms. The normalized spacial score (nSPS) is 19.8. The van der Waals surface area contributed by atoms with Crippen molar-refractivity contribution in [1.29, 1.82) is 0 Å². The van der Waals surface area contributed by atoms with Gasteiger partial charge in [-0.15, -0.1) is 0 Å². The van der Waals surface area contributed by atoms with Gasteiger partial charge in [0.1, 0.15) is 12.1 Å². The standard InChI is InChI=1S/C18H17N7O/c1-2-4-11(5-3-1)18-23-15(25-26-18)12-6-7-13(8-12)22-16-14-9-21-24-17(14)20-10-19-16/h1-5,9-10,12-13H,6-8H2,(H2,19,20,21,22,24)/t12-,13-/m0/s1. The molecule has 2 atom stereocenters. The molecule has 0 spiro atoms. The smallest absolute Gasteiger partial charge is 0.257 e. The molecule has 5 rings (SSSR count). The Kier molecular flexibility index (Phi) is 3.59. The first-order valence-corrected chi connectivity index (χ1v) is 8.66. The molecule has 0 unspecified atom stereocenters. The number of rotatable bonds is 4. The van der Waals surface area contributed by atoms with E-state index in [9.17, 15) is 0 Å². The van der Waals surface area contributed by atoms with Crippen LogP contribution in [-0.4, -0.2) is 36.3 Å². The summed E-state index contributed by atoms with van der Waals surface area (Å²) >= 11 is 0. The van der Waals surface area contributed by atoms with Gasteiger partial charge < -0.3 is 9.84 Å². The van der Waals surface area contributed by atoms with E-state index in [2.05, 4.69) is 35.6 Å². The fraction of sp³-hybridized carbons (Fsp3) is 0.278. The molecule has 0 bridgehead atoms. The van der Waals surface area contributed by atoms with Crippen molar-refractivity contribution in [2.75, 3.05) is 5.32 Å². The van der Waals surface area contributed by atoms with Crippen LogP contribution in [0.25, 0.3) is 22.5 Å². The Hall–Kier alpha value is -3.29. The van der Waals surface area contributed by atoms with Crippen molar-refractivity contribution in [2.45, 2.75) is 31.2 Å². The van der Waals surface area contributed by atoms with E-state index in [-0.39, 0.29) is 5.92 Å². The molecule has 1 saturated carbocycles. The fourth-order valence-corrected chi connectivity index (χ4v) is 3.52. The second-order valence-electron chi connectivity index (χ2n) is 6.53. The summed E-state index contributed by atoms with van der Waals surface area (Å²) in [6, 6.07) is 10.2. The van der Waals surface area contributed by atoms with Crippen LogP contribution >= 0.6 is 0 Å². The molecule has 1 aromatic carbocycles. The number of hydrogen-bond donors (Lipinski definition) is 2. The number of benzene rings is 1. The van der Waals surface area contributed by atoms with Crippen LogP contribution in [0.15, 0.2) is 47.4 Å². The van der Waals surface area contributed by atoms with E-state index in [1.54, 1.807) is 12.5 Å². The Morgan fingerprint density at radius 2 is 2.04 bits per heavy atom. The maximum Gasteiger partial charge on any atom is 0.257 e. The van der Waals surface area contributed by atoms with Crippen molar-refractivity contribution in [2.24, 2.45) is 0 Å². The number of aromatic amines is 1. The zero-order valence-electron chi connectivity index (χ0n) is 14.0. The molecule has 3 heterocycles. The van der Waals surface area contributed by atoms with Gasteiger partial charge in [0, 0.05) is 17.5 Å². The van der Waals surface area contributed by atoms with Gasteiger partial charge in [-0.05, 0) is 31.4 Å². The van der Waals surface area contributed by atoms with Gasteiger partial charge >= 0.3 is 0 Å². The van der Waals surface area contributed by atoms with Crippen molar-refractivity contribution < 1.29 is 4.52 Å². The highest BCUT2D eigenvalue weighted by Gasteiger charge is 2.30. The lowest BCUT2D eigenvalue weighted by Gasteiger charge is -2.13. The summed E-state index contributed by atoms with van der Waals surface area (Å²) in [5.74, 6) is 2.46. The number of nitrogens with zero attached hydrogens (tertiary/aromatic N) is 5. The van der Waals surface area contributed by atoms with E-state index in [4.69, 9.17) is 4.52 Å². The first kappa shape index (κ1) is 15.0. The summed E-state index contributed by atoms with van der Waals surface area (Å²) in [6.45, 7) is 0. The minimum Gasteiger partial charge on any atom is -0.367 e. The summed E-state index contributed by atoms with van der Waals surface area (Å²) < 4.78 is 5.45. The summed E-state index contributed by atoms with van der Waals surface area (Å²) in [4.78, 5) is 13.1. The lowest BCUT2D eigenvalue weighted by atomic mass is 10.1. The van der Waals surface area contributed by atoms with E-state index in [1.165, 1.54) is 0 Å². The molecule has 1 aliphatic carbocycles. The molecule has 1 fully saturated rings. The van der Waals surface area contributed by atoms with Crippen molar-refractivity contribution in [3.05, 3.63) is 48.7 Å². The van der Waals surface area contributed by atoms with Crippen molar-refractivity contribution in [1.82, 2.24) is 30.3 Å². The highest BCUT2D eigenvalue weighted by molar-refractivity contribution is 5.85. The SMILES string of the molecule is c1ccc(-c2nc([C@H]3CC[C@H](Nc4ncnc5[nH]ncc45)C3)no2)cc1. The average molecular weight is 347 g/mol. The molecule has 0 aliphatic heterocycles. The molecule has 0 amide bonds. The predicted octanol–water partition coefficient (Wildman–Crippen LogP) is 3.15. The van der Waals surface area contributed by atoms with Crippen LogP contribution in [-0.2, 0) is 0 Å². The Morgan fingerprint density at radius 1 is 1.12 bits per heavy atom. The predicted molar refractivity (Wildman–Crippen MR) is 95.4 cm³/mol. The Labute approximate surface area is 149 Å². The van der Waals surface area contributed by atoms with Crippen LogP contribution in [0.4, 0.5) is 5.82 Å². The molecular weight excluding hydrogens is 330 g/mol. The highest BCUT2D eigenvalue weighted by atomic mass is 16.5. The van der Waals surface area contributed by atoms with Crippen molar-refractivity contribution in [3.63, 3.8) is 0 Å². The van der Waals surface area contributed by atoms with Gasteiger partial charge in [0.15, 0.2) is 11.5 Å². The van der Waals surface area contributed by atoms with Gasteiger partial charge in [-0.2, -0.15) is 10.1 Å². The number of H-pyrrole nitrogens is 1. The number of hydrogen-bond acceptors (Lipinski definition) is 7. The summed E-state index contributed by atoms with van der Waals surface area (Å²) in [5.41, 5.74) is 1.69. The Balaban J connectivity index is 1.30. The number of nitrogens with one attached hydrogen (secondary N) is 2. The first-order chi connectivity index (χ1) is 12.9. The van der Waals surface area contributed by atoms with Crippen LogP contribution in [0, 0.1) is 0 Å². The minimum absolute atomic E-state index is 0.287. The molecule has 0 radical (unpaired) electrons. The van der Waals surface area contributed by atoms with Crippen LogP contribution < -0.4 is 5.32 Å². The minimum atomic E-state index is 0.287. The molecule has 130 valence electrons. The van der Waals surface area contributed by atoms with Gasteiger partial charge in [-0.1, -0.05) is 23.4 Å². The van der Waals surface area contributed by atoms with Crippen LogP contribution in [0.1, 0.15) is 31.0 Å². The zero-order valence-corrected chi connectivity index (χ0v) is 14.0. The second kappa shape index (κ2) is 6.21. The topological polar surface area (TPSA) is 105 Å². The quantitative estimate of drug-likeness (QED) is 0.584. The lowest BCUT2D eigenvalue weighted by Crippen LogP contribution is -2.16. The van der Waals surface area contributed by atoms with Crippen LogP contribution in [0.2, 0.25) is 0 Å². The van der Waals surface area contributed by atoms with Gasteiger partial charge in [0.25, 0.3) is 5.89 Å². The van der Waals surface area contributed by atoms with E-state index in [0.717, 1.165) is 47.5 Å². The third kappa shape index (κ3) is 2.69. The molecule has 3 aromatic heterocycles. The monoisotopic (exact) mass is 347 g/mol. The molecule has 8 heteroatoms. The third-order valence-corrected chi connectivity index (χ3v) is 4.85. The molecule has 2 N–H and O–H groups in total. The lowest BCUT2D eigenvalue weighted by molar-refractivity contribution is 0.415. The van der Waals surface area contributed by atoms with E-state index >= 15 is 0 Å². The van der Waals surface area contributed by atoms with Crippen LogP contribution in [0.3, 0.4) is 0 Å². The van der Waals surface area contributed by atoms with Crippen molar-refractivity contribution >= 4 is 16.9 Å². The van der Waals surface area contributed by atoms with Gasteiger partial charge in [0.2, 0.25) is 0 Å². The maximum absolute atomic E-state index is 5.45. The van der Waals surface area contributed by atoms with Crippen molar-refractivity contribution in [3.8, 4) is 11.5 Å². The highest BCUT2D eigenvalue weighted by Crippen LogP contribution is 2.35. The fourth-order valence-electron chi connectivity index (χ4n) is 3.52.